The summed E-state index contributed by atoms with van der Waals surface area (Å²) >= 11 is 7.19. The quantitative estimate of drug-likeness (QED) is 0.0717. The Bertz CT molecular complexity index is 1490. The molecule has 2 heterocycles. The van der Waals surface area contributed by atoms with Crippen molar-refractivity contribution in [3.63, 3.8) is 0 Å². The van der Waals surface area contributed by atoms with Gasteiger partial charge in [0.05, 0.1) is 22.6 Å². The lowest BCUT2D eigenvalue weighted by molar-refractivity contribution is -0.161. The Morgan fingerprint density at radius 2 is 1.93 bits per heavy atom. The third kappa shape index (κ3) is 14.3. The van der Waals surface area contributed by atoms with E-state index in [-0.39, 0.29) is 5.56 Å². The minimum atomic E-state index is -3.58. The van der Waals surface area contributed by atoms with E-state index in [0.717, 1.165) is 35.5 Å². The van der Waals surface area contributed by atoms with Crippen molar-refractivity contribution in [3.8, 4) is 18.0 Å². The zero-order chi connectivity index (χ0) is 34.6. The monoisotopic (exact) mass is 667 g/mol. The van der Waals surface area contributed by atoms with E-state index in [4.69, 9.17) is 27.2 Å². The van der Waals surface area contributed by atoms with Crippen LogP contribution in [0.4, 0.5) is 20.2 Å². The third-order valence-corrected chi connectivity index (χ3v) is 6.98. The van der Waals surface area contributed by atoms with Crippen LogP contribution in [0.3, 0.4) is 0 Å². The number of aromatic nitrogens is 2. The van der Waals surface area contributed by atoms with Gasteiger partial charge in [-0.2, -0.15) is 8.78 Å². The molecule has 0 atom stereocenters. The number of nitrogens with zero attached hydrogens (tertiary/aromatic N) is 3. The minimum Gasteiger partial charge on any atom is -0.477 e. The molecule has 3 aromatic rings. The van der Waals surface area contributed by atoms with Gasteiger partial charge < -0.3 is 25.8 Å². The number of ether oxygens (including phenoxy) is 1. The highest BCUT2D eigenvalue weighted by molar-refractivity contribution is 7.19. The molecule has 0 saturated heterocycles. The molecule has 2 aromatic heterocycles. The van der Waals surface area contributed by atoms with E-state index in [1.165, 1.54) is 11.3 Å². The lowest BCUT2D eigenvalue weighted by Crippen LogP contribution is -2.22. The molecule has 4 N–H and O–H groups in total. The number of rotatable bonds is 11. The SMILES string of the molecule is C#CC.C/C=C(\C/C=C\CCl)c1cc2ncn(-c3ccc(N(C)CCCOC)c(N)c3)c(=O)c2s1.CC(F)(F)C(=O)O.CNC. The van der Waals surface area contributed by atoms with Crippen molar-refractivity contribution in [2.24, 2.45) is 0 Å². The number of halogens is 3. The number of carboxylic acid groups (broad SMARTS) is 1. The summed E-state index contributed by atoms with van der Waals surface area (Å²) in [5, 5.41) is 10.2. The number of carbonyl (C=O) groups is 1. The summed E-state index contributed by atoms with van der Waals surface area (Å²) < 4.78 is 29.8. The van der Waals surface area contributed by atoms with E-state index in [9.17, 15) is 18.4 Å². The number of fused-ring (bicyclic) bond motifs is 1. The summed E-state index contributed by atoms with van der Waals surface area (Å²) in [5.41, 5.74) is 10.3. The molecule has 1 aromatic carbocycles. The van der Waals surface area contributed by atoms with Crippen LogP contribution in [0.1, 0.15) is 38.5 Å². The molecule has 0 bridgehead atoms. The Morgan fingerprint density at radius 1 is 1.33 bits per heavy atom. The van der Waals surface area contributed by atoms with Gasteiger partial charge in [-0.15, -0.1) is 35.3 Å². The summed E-state index contributed by atoms with van der Waals surface area (Å²) in [7, 11) is 7.44. The van der Waals surface area contributed by atoms with Crippen LogP contribution >= 0.6 is 22.9 Å². The first kappa shape index (κ1) is 41.2. The van der Waals surface area contributed by atoms with E-state index in [1.807, 2.05) is 64.5 Å². The normalized spacial score (nSPS) is 11.0. The lowest BCUT2D eigenvalue weighted by Gasteiger charge is -2.21. The molecule has 0 aliphatic rings. The van der Waals surface area contributed by atoms with Gasteiger partial charge >= 0.3 is 11.9 Å². The standard InChI is InChI=1S/C24H29ClN4O2S.C3H4F2O2.C3H4.C2H7N/c1-4-17(8-5-6-11-25)22-15-20-23(32-22)24(30)29(16-27-20)18-9-10-21(19(26)14-18)28(2)12-7-13-31-3;1-3(4,5)2(6)7;2*1-3-2/h4-6,9-10,14-16H,7-8,11-13,26H2,1-3H3;1H3,(H,6,7);1H,2H3;3H,1-2H3/b6-5-,17-4+;;;. The molecule has 0 fully saturated rings. The van der Waals surface area contributed by atoms with Crippen molar-refractivity contribution in [3.05, 3.63) is 64.1 Å². The van der Waals surface area contributed by atoms with Gasteiger partial charge in [0.15, 0.2) is 0 Å². The summed E-state index contributed by atoms with van der Waals surface area (Å²) in [5.74, 6) is -2.94. The molecule has 0 aliphatic carbocycles. The number of nitrogens with one attached hydrogen (secondary N) is 1. The maximum atomic E-state index is 13.2. The van der Waals surface area contributed by atoms with E-state index in [0.29, 0.717) is 41.0 Å². The summed E-state index contributed by atoms with van der Waals surface area (Å²) in [4.78, 5) is 30.2. The van der Waals surface area contributed by atoms with Crippen molar-refractivity contribution < 1.29 is 23.4 Å². The fraction of sp³-hybridized carbons (Fsp3) is 0.406. The summed E-state index contributed by atoms with van der Waals surface area (Å²) in [6, 6.07) is 7.63. The fourth-order valence-corrected chi connectivity index (χ4v) is 4.74. The molecule has 45 heavy (non-hydrogen) atoms. The summed E-state index contributed by atoms with van der Waals surface area (Å²) in [6.07, 6.45) is 13.9. The van der Waals surface area contributed by atoms with Crippen LogP contribution in [0.2, 0.25) is 0 Å². The van der Waals surface area contributed by atoms with E-state index in [1.54, 1.807) is 24.9 Å². The topological polar surface area (TPSA) is 123 Å². The molecule has 248 valence electrons. The van der Waals surface area contributed by atoms with Crippen molar-refractivity contribution in [2.45, 2.75) is 39.5 Å². The van der Waals surface area contributed by atoms with Gasteiger partial charge in [0.25, 0.3) is 5.56 Å². The maximum absolute atomic E-state index is 13.2. The number of hydrogen-bond acceptors (Lipinski definition) is 8. The van der Waals surface area contributed by atoms with Gasteiger partial charge in [0.2, 0.25) is 0 Å². The second-order valence-electron chi connectivity index (χ2n) is 9.38. The third-order valence-electron chi connectivity index (χ3n) is 5.61. The number of terminal acetylenes is 1. The number of nitrogens with two attached hydrogens (primary N) is 1. The Kier molecular flexibility index (Phi) is 20.0. The molecular weight excluding hydrogens is 624 g/mol. The number of benzene rings is 1. The Morgan fingerprint density at radius 3 is 2.42 bits per heavy atom. The van der Waals surface area contributed by atoms with Crippen LogP contribution in [0.25, 0.3) is 21.5 Å². The lowest BCUT2D eigenvalue weighted by atomic mass is 10.1. The van der Waals surface area contributed by atoms with Gasteiger partial charge in [0.1, 0.15) is 11.0 Å². The molecule has 13 heteroatoms. The molecular formula is C32H44ClF2N5O4S. The number of alkyl halides is 3. The molecule has 0 spiro atoms. The van der Waals surface area contributed by atoms with Crippen LogP contribution in [0.5, 0.6) is 0 Å². The van der Waals surface area contributed by atoms with Crippen LogP contribution in [-0.2, 0) is 9.53 Å². The van der Waals surface area contributed by atoms with Gasteiger partial charge in [-0.25, -0.2) is 9.78 Å². The van der Waals surface area contributed by atoms with Crippen LogP contribution in [-0.4, -0.2) is 73.8 Å². The van der Waals surface area contributed by atoms with E-state index in [2.05, 4.69) is 33.6 Å². The smallest absolute Gasteiger partial charge is 0.374 e. The number of anilines is 2. The van der Waals surface area contributed by atoms with Crippen LogP contribution < -0.4 is 21.5 Å². The average molecular weight is 668 g/mol. The molecule has 0 amide bonds. The number of carboxylic acids is 1. The first-order chi connectivity index (χ1) is 21.3. The van der Waals surface area contributed by atoms with Gasteiger partial charge in [-0.3, -0.25) is 9.36 Å². The second-order valence-corrected chi connectivity index (χ2v) is 10.7. The highest BCUT2D eigenvalue weighted by Gasteiger charge is 2.31. The number of allylic oxidation sites excluding steroid dienone is 4. The number of thiophene rings is 1. The number of methoxy groups -OCH3 is 1. The zero-order valence-corrected chi connectivity index (χ0v) is 28.4. The van der Waals surface area contributed by atoms with Crippen molar-refractivity contribution in [1.82, 2.24) is 14.9 Å². The number of hydrogen-bond donors (Lipinski definition) is 3. The predicted molar refractivity (Wildman–Crippen MR) is 185 cm³/mol. The van der Waals surface area contributed by atoms with E-state index >= 15 is 0 Å². The number of nitrogen functional groups attached to an aromatic ring is 1. The fourth-order valence-electron chi connectivity index (χ4n) is 3.49. The second kappa shape index (κ2) is 21.9. The molecule has 9 nitrogen and oxygen atoms in total. The first-order valence-electron chi connectivity index (χ1n) is 13.8. The van der Waals surface area contributed by atoms with Crippen LogP contribution in [0, 0.1) is 12.3 Å². The Balaban J connectivity index is 0.00000126. The van der Waals surface area contributed by atoms with Gasteiger partial charge in [-0.05, 0) is 70.6 Å². The predicted octanol–water partition coefficient (Wildman–Crippen LogP) is 6.29. The van der Waals surface area contributed by atoms with E-state index < -0.39 is 11.9 Å². The number of aliphatic carboxylic acids is 1. The van der Waals surface area contributed by atoms with Crippen molar-refractivity contribution in [2.75, 3.05) is 57.9 Å². The largest absolute Gasteiger partial charge is 0.477 e. The Hall–Kier alpha value is -3.76. The minimum absolute atomic E-state index is 0.0985. The highest BCUT2D eigenvalue weighted by atomic mass is 35.5. The Labute approximate surface area is 273 Å². The van der Waals surface area contributed by atoms with Crippen molar-refractivity contribution in [1.29, 1.82) is 0 Å². The molecule has 0 radical (unpaired) electrons. The molecule has 0 unspecified atom stereocenters. The van der Waals surface area contributed by atoms with Gasteiger partial charge in [0, 0.05) is 45.0 Å². The van der Waals surface area contributed by atoms with Crippen LogP contribution in [0.15, 0.2) is 53.6 Å². The highest BCUT2D eigenvalue weighted by Crippen LogP contribution is 2.30. The molecule has 0 saturated carbocycles. The van der Waals surface area contributed by atoms with Gasteiger partial charge in [-0.1, -0.05) is 18.2 Å². The maximum Gasteiger partial charge on any atom is 0.374 e. The average Bonchev–Trinajstić information content (AvgIpc) is 3.41. The first-order valence-corrected chi connectivity index (χ1v) is 15.2. The van der Waals surface area contributed by atoms with Crippen molar-refractivity contribution >= 4 is 56.1 Å². The summed E-state index contributed by atoms with van der Waals surface area (Å²) in [6.45, 7) is 5.51. The molecule has 3 rings (SSSR count). The zero-order valence-electron chi connectivity index (χ0n) is 26.9. The molecule has 0 aliphatic heterocycles.